The van der Waals surface area contributed by atoms with Gasteiger partial charge in [0.2, 0.25) is 0 Å². The van der Waals surface area contributed by atoms with Gasteiger partial charge in [0, 0.05) is 6.08 Å². The minimum Gasteiger partial charge on any atom is -0.455 e. The standard InChI is InChI=1S/C8H12O2/c1-2-3-4-7-5-6-8(9)10-7/h5-7H,2-4H2,1H3/t7-/m0/s1. The number of esters is 1. The number of ether oxygens (including phenoxy) is 1. The van der Waals surface area contributed by atoms with Crippen LogP contribution in [0.25, 0.3) is 0 Å². The van der Waals surface area contributed by atoms with E-state index in [-0.39, 0.29) is 12.1 Å². The molecule has 2 nitrogen and oxygen atoms in total. The molecule has 10 heavy (non-hydrogen) atoms. The molecule has 0 aromatic heterocycles. The summed E-state index contributed by atoms with van der Waals surface area (Å²) in [6.07, 6.45) is 6.65. The van der Waals surface area contributed by atoms with Crippen LogP contribution in [-0.4, -0.2) is 12.1 Å². The van der Waals surface area contributed by atoms with Gasteiger partial charge in [-0.15, -0.1) is 0 Å². The van der Waals surface area contributed by atoms with Crippen molar-refractivity contribution in [2.75, 3.05) is 0 Å². The Hall–Kier alpha value is -0.790. The highest BCUT2D eigenvalue weighted by Gasteiger charge is 2.14. The molecule has 0 fully saturated rings. The fourth-order valence-electron chi connectivity index (χ4n) is 0.974. The van der Waals surface area contributed by atoms with Crippen molar-refractivity contribution in [2.24, 2.45) is 0 Å². The van der Waals surface area contributed by atoms with E-state index in [1.165, 1.54) is 6.08 Å². The van der Waals surface area contributed by atoms with E-state index in [0.717, 1.165) is 19.3 Å². The normalized spacial score (nSPS) is 23.3. The van der Waals surface area contributed by atoms with Gasteiger partial charge >= 0.3 is 5.97 Å². The van der Waals surface area contributed by atoms with Crippen LogP contribution in [-0.2, 0) is 9.53 Å². The van der Waals surface area contributed by atoms with Crippen molar-refractivity contribution in [1.82, 2.24) is 0 Å². The summed E-state index contributed by atoms with van der Waals surface area (Å²) >= 11 is 0. The SMILES string of the molecule is CCCC[C@H]1C=CC(=O)O1. The summed E-state index contributed by atoms with van der Waals surface area (Å²) < 4.78 is 4.91. The second-order valence-corrected chi connectivity index (χ2v) is 2.48. The second-order valence-electron chi connectivity index (χ2n) is 2.48. The van der Waals surface area contributed by atoms with E-state index in [2.05, 4.69) is 6.92 Å². The first-order chi connectivity index (χ1) is 4.83. The highest BCUT2D eigenvalue weighted by molar-refractivity contribution is 5.84. The van der Waals surface area contributed by atoms with Gasteiger partial charge in [-0.25, -0.2) is 4.79 Å². The van der Waals surface area contributed by atoms with Crippen molar-refractivity contribution < 1.29 is 9.53 Å². The van der Waals surface area contributed by atoms with Crippen LogP contribution in [0.3, 0.4) is 0 Å². The first-order valence-electron chi connectivity index (χ1n) is 3.71. The van der Waals surface area contributed by atoms with Crippen molar-refractivity contribution in [3.63, 3.8) is 0 Å². The van der Waals surface area contributed by atoms with Crippen molar-refractivity contribution in [3.05, 3.63) is 12.2 Å². The molecule has 1 rings (SSSR count). The molecule has 0 aromatic carbocycles. The number of hydrogen-bond donors (Lipinski definition) is 0. The molecular weight excluding hydrogens is 128 g/mol. The van der Waals surface area contributed by atoms with Crippen LogP contribution in [0.5, 0.6) is 0 Å². The minimum absolute atomic E-state index is 0.0625. The monoisotopic (exact) mass is 140 g/mol. The number of unbranched alkanes of at least 4 members (excludes halogenated alkanes) is 1. The van der Waals surface area contributed by atoms with Crippen LogP contribution < -0.4 is 0 Å². The van der Waals surface area contributed by atoms with E-state index >= 15 is 0 Å². The maximum atomic E-state index is 10.5. The Morgan fingerprint density at radius 1 is 1.70 bits per heavy atom. The van der Waals surface area contributed by atoms with Crippen LogP contribution in [0.15, 0.2) is 12.2 Å². The van der Waals surface area contributed by atoms with E-state index in [1.807, 2.05) is 6.08 Å². The lowest BCUT2D eigenvalue weighted by atomic mass is 10.2. The molecule has 0 amide bonds. The van der Waals surface area contributed by atoms with Crippen LogP contribution in [0.2, 0.25) is 0 Å². The Bertz CT molecular complexity index is 149. The summed E-state index contributed by atoms with van der Waals surface area (Å²) in [5.74, 6) is -0.193. The molecule has 1 aliphatic heterocycles. The summed E-state index contributed by atoms with van der Waals surface area (Å²) in [7, 11) is 0. The Morgan fingerprint density at radius 3 is 3.00 bits per heavy atom. The predicted octanol–water partition coefficient (Wildman–Crippen LogP) is 1.66. The van der Waals surface area contributed by atoms with Crippen LogP contribution in [0.4, 0.5) is 0 Å². The van der Waals surface area contributed by atoms with Gasteiger partial charge in [0.1, 0.15) is 6.10 Å². The molecule has 0 aromatic rings. The molecule has 0 aliphatic carbocycles. The third-order valence-corrected chi connectivity index (χ3v) is 1.56. The molecule has 0 unspecified atom stereocenters. The summed E-state index contributed by atoms with van der Waals surface area (Å²) in [5, 5.41) is 0. The summed E-state index contributed by atoms with van der Waals surface area (Å²) in [4.78, 5) is 10.5. The maximum Gasteiger partial charge on any atom is 0.331 e. The molecule has 1 heterocycles. The zero-order chi connectivity index (χ0) is 7.40. The lowest BCUT2D eigenvalue weighted by Gasteiger charge is -2.05. The van der Waals surface area contributed by atoms with E-state index in [4.69, 9.17) is 4.74 Å². The van der Waals surface area contributed by atoms with Gasteiger partial charge in [0.05, 0.1) is 0 Å². The number of cyclic esters (lactones) is 1. The largest absolute Gasteiger partial charge is 0.455 e. The average Bonchev–Trinajstić information content (AvgIpc) is 2.31. The predicted molar refractivity (Wildman–Crippen MR) is 38.5 cm³/mol. The van der Waals surface area contributed by atoms with E-state index in [1.54, 1.807) is 0 Å². The number of carbonyl (C=O) groups is 1. The van der Waals surface area contributed by atoms with Gasteiger partial charge in [0.25, 0.3) is 0 Å². The molecule has 0 bridgehead atoms. The Morgan fingerprint density at radius 2 is 2.50 bits per heavy atom. The summed E-state index contributed by atoms with van der Waals surface area (Å²) in [5.41, 5.74) is 0. The molecule has 0 saturated carbocycles. The first-order valence-corrected chi connectivity index (χ1v) is 3.71. The third kappa shape index (κ3) is 1.87. The van der Waals surface area contributed by atoms with E-state index in [9.17, 15) is 4.79 Å². The number of carbonyl (C=O) groups excluding carboxylic acids is 1. The van der Waals surface area contributed by atoms with Crippen molar-refractivity contribution in [3.8, 4) is 0 Å². The Balaban J connectivity index is 2.20. The fourth-order valence-corrected chi connectivity index (χ4v) is 0.974. The fraction of sp³-hybridized carbons (Fsp3) is 0.625. The van der Waals surface area contributed by atoms with Gasteiger partial charge < -0.3 is 4.74 Å². The summed E-state index contributed by atoms with van der Waals surface area (Å²) in [6.45, 7) is 2.13. The average molecular weight is 140 g/mol. The molecule has 1 aliphatic rings. The van der Waals surface area contributed by atoms with E-state index < -0.39 is 0 Å². The van der Waals surface area contributed by atoms with Crippen molar-refractivity contribution in [1.29, 1.82) is 0 Å². The maximum absolute atomic E-state index is 10.5. The van der Waals surface area contributed by atoms with Gasteiger partial charge in [-0.1, -0.05) is 13.3 Å². The quantitative estimate of drug-likeness (QED) is 0.557. The minimum atomic E-state index is -0.193. The third-order valence-electron chi connectivity index (χ3n) is 1.56. The molecule has 1 atom stereocenters. The lowest BCUT2D eigenvalue weighted by molar-refractivity contribution is -0.138. The van der Waals surface area contributed by atoms with Gasteiger partial charge in [-0.05, 0) is 18.9 Å². The molecule has 0 N–H and O–H groups in total. The zero-order valence-electron chi connectivity index (χ0n) is 6.17. The van der Waals surface area contributed by atoms with Crippen LogP contribution >= 0.6 is 0 Å². The van der Waals surface area contributed by atoms with Crippen molar-refractivity contribution in [2.45, 2.75) is 32.3 Å². The number of rotatable bonds is 3. The molecule has 0 saturated heterocycles. The highest BCUT2D eigenvalue weighted by atomic mass is 16.5. The zero-order valence-corrected chi connectivity index (χ0v) is 6.17. The van der Waals surface area contributed by atoms with Gasteiger partial charge in [0.15, 0.2) is 0 Å². The molecule has 56 valence electrons. The van der Waals surface area contributed by atoms with Crippen LogP contribution in [0.1, 0.15) is 26.2 Å². The summed E-state index contributed by atoms with van der Waals surface area (Å²) in [6, 6.07) is 0. The molecule has 0 radical (unpaired) electrons. The van der Waals surface area contributed by atoms with Gasteiger partial charge in [-0.3, -0.25) is 0 Å². The Kier molecular flexibility index (Phi) is 2.49. The smallest absolute Gasteiger partial charge is 0.331 e. The van der Waals surface area contributed by atoms with Crippen LogP contribution in [0, 0.1) is 0 Å². The lowest BCUT2D eigenvalue weighted by Crippen LogP contribution is -2.06. The molecule has 2 heteroatoms. The Labute approximate surface area is 60.9 Å². The first kappa shape index (κ1) is 7.32. The molecule has 0 spiro atoms. The number of hydrogen-bond acceptors (Lipinski definition) is 2. The molecular formula is C8H12O2. The van der Waals surface area contributed by atoms with Gasteiger partial charge in [-0.2, -0.15) is 0 Å². The van der Waals surface area contributed by atoms with Crippen molar-refractivity contribution >= 4 is 5.97 Å². The second kappa shape index (κ2) is 3.40. The van der Waals surface area contributed by atoms with E-state index in [0.29, 0.717) is 0 Å². The highest BCUT2D eigenvalue weighted by Crippen LogP contribution is 2.11. The topological polar surface area (TPSA) is 26.3 Å².